The van der Waals surface area contributed by atoms with Gasteiger partial charge in [0.25, 0.3) is 0 Å². The summed E-state index contributed by atoms with van der Waals surface area (Å²) < 4.78 is 37.5. The Bertz CT molecular complexity index is 533. The molecule has 0 saturated carbocycles. The molecule has 1 aliphatic heterocycles. The number of rotatable bonds is 2. The molecular weight excluding hydrogens is 321 g/mol. The van der Waals surface area contributed by atoms with Crippen LogP contribution in [0.3, 0.4) is 0 Å². The van der Waals surface area contributed by atoms with Gasteiger partial charge in [0.15, 0.2) is 0 Å². The number of carbonyl (C=O) groups excluding carboxylic acids is 1. The Morgan fingerprint density at radius 3 is 2.18 bits per heavy atom. The summed E-state index contributed by atoms with van der Waals surface area (Å²) in [5.74, 6) is -0.337. The van der Waals surface area contributed by atoms with Crippen LogP contribution in [0.2, 0.25) is 0 Å². The lowest BCUT2D eigenvalue weighted by atomic mass is 9.98. The summed E-state index contributed by atoms with van der Waals surface area (Å²) in [5, 5.41) is 7.54. The Labute approximate surface area is 129 Å². The highest BCUT2D eigenvalue weighted by atomic mass is 32.1. The van der Waals surface area contributed by atoms with Crippen molar-refractivity contribution >= 4 is 22.4 Å². The predicted octanol–water partition coefficient (Wildman–Crippen LogP) is 2.18. The van der Waals surface area contributed by atoms with Crippen molar-refractivity contribution in [2.45, 2.75) is 26.9 Å². The number of carbonyl (C=O) groups is 1. The highest BCUT2D eigenvalue weighted by molar-refractivity contribution is 7.15. The molecule has 1 aliphatic rings. The molecule has 2 heterocycles. The third-order valence-corrected chi connectivity index (χ3v) is 4.02. The zero-order valence-corrected chi connectivity index (χ0v) is 13.3. The van der Waals surface area contributed by atoms with Crippen LogP contribution in [-0.4, -0.2) is 47.4 Å². The van der Waals surface area contributed by atoms with Crippen molar-refractivity contribution in [3.05, 3.63) is 5.01 Å². The van der Waals surface area contributed by atoms with E-state index >= 15 is 0 Å². The van der Waals surface area contributed by atoms with E-state index in [1.165, 1.54) is 5.06 Å². The molecule has 0 aliphatic carbocycles. The number of hydrogen-bond acceptors (Lipinski definition) is 7. The number of hydrogen-bond donors (Lipinski definition) is 0. The van der Waals surface area contributed by atoms with E-state index in [1.54, 1.807) is 25.7 Å². The molecular formula is C12H17F3N4O2S. The predicted molar refractivity (Wildman–Crippen MR) is 74.2 cm³/mol. The zero-order chi connectivity index (χ0) is 16.5. The van der Waals surface area contributed by atoms with Gasteiger partial charge in [-0.1, -0.05) is 11.3 Å². The Morgan fingerprint density at radius 1 is 1.14 bits per heavy atom. The molecule has 1 saturated heterocycles. The molecule has 1 fully saturated rings. The number of alkyl halides is 3. The number of hydroxylamine groups is 2. The van der Waals surface area contributed by atoms with E-state index in [1.807, 2.05) is 0 Å². The second-order valence-corrected chi connectivity index (χ2v) is 6.89. The summed E-state index contributed by atoms with van der Waals surface area (Å²) in [6.45, 7) is 6.92. The third kappa shape index (κ3) is 4.07. The van der Waals surface area contributed by atoms with Crippen LogP contribution in [0.15, 0.2) is 0 Å². The van der Waals surface area contributed by atoms with Crippen molar-refractivity contribution < 1.29 is 22.8 Å². The summed E-state index contributed by atoms with van der Waals surface area (Å²) in [6.07, 6.45) is -4.47. The Hall–Kier alpha value is -1.42. The quantitative estimate of drug-likeness (QED) is 0.824. The summed E-state index contributed by atoms with van der Waals surface area (Å²) in [4.78, 5) is 18.7. The first-order valence-corrected chi connectivity index (χ1v) is 7.52. The maximum absolute atomic E-state index is 12.5. The van der Waals surface area contributed by atoms with Crippen molar-refractivity contribution in [3.63, 3.8) is 0 Å². The zero-order valence-electron chi connectivity index (χ0n) is 12.5. The lowest BCUT2D eigenvalue weighted by molar-refractivity contribution is -0.201. The van der Waals surface area contributed by atoms with Crippen LogP contribution in [0, 0.1) is 5.41 Å². The van der Waals surface area contributed by atoms with Gasteiger partial charge in [-0.05, 0) is 20.8 Å². The molecule has 6 nitrogen and oxygen atoms in total. The largest absolute Gasteiger partial charge is 0.445 e. The molecule has 2 rings (SSSR count). The summed E-state index contributed by atoms with van der Waals surface area (Å²) in [6, 6.07) is 0. The van der Waals surface area contributed by atoms with E-state index in [2.05, 4.69) is 10.2 Å². The van der Waals surface area contributed by atoms with Crippen molar-refractivity contribution in [1.82, 2.24) is 15.3 Å². The average Bonchev–Trinajstić information content (AvgIpc) is 2.88. The number of nitrogens with zero attached hydrogens (tertiary/aromatic N) is 4. The summed E-state index contributed by atoms with van der Waals surface area (Å²) in [5.41, 5.74) is -0.599. The van der Waals surface area contributed by atoms with Gasteiger partial charge in [-0.3, -0.25) is 0 Å². The number of piperazine rings is 1. The average molecular weight is 338 g/mol. The lowest BCUT2D eigenvalue weighted by Crippen LogP contribution is -2.48. The van der Waals surface area contributed by atoms with Crippen molar-refractivity contribution in [1.29, 1.82) is 0 Å². The van der Waals surface area contributed by atoms with Crippen LogP contribution in [-0.2, 0) is 15.8 Å². The maximum atomic E-state index is 12.5. The highest BCUT2D eigenvalue weighted by Crippen LogP contribution is 2.34. The second kappa shape index (κ2) is 5.99. The maximum Gasteiger partial charge on any atom is 0.445 e. The van der Waals surface area contributed by atoms with Gasteiger partial charge in [0.05, 0.1) is 18.5 Å². The monoisotopic (exact) mass is 338 g/mol. The first-order chi connectivity index (χ1) is 10.1. The van der Waals surface area contributed by atoms with E-state index in [0.29, 0.717) is 37.5 Å². The topological polar surface area (TPSA) is 58.6 Å². The van der Waals surface area contributed by atoms with E-state index in [-0.39, 0.29) is 11.1 Å². The fourth-order valence-electron chi connectivity index (χ4n) is 1.68. The minimum absolute atomic E-state index is 0.231. The molecule has 0 bridgehead atoms. The molecule has 10 heteroatoms. The van der Waals surface area contributed by atoms with Crippen LogP contribution >= 0.6 is 11.3 Å². The third-order valence-electron chi connectivity index (χ3n) is 2.99. The van der Waals surface area contributed by atoms with E-state index in [9.17, 15) is 18.0 Å². The van der Waals surface area contributed by atoms with Gasteiger partial charge in [0, 0.05) is 13.1 Å². The Kier molecular flexibility index (Phi) is 4.62. The number of aromatic nitrogens is 2. The molecule has 22 heavy (non-hydrogen) atoms. The van der Waals surface area contributed by atoms with Gasteiger partial charge < -0.3 is 9.74 Å². The molecule has 0 spiro atoms. The molecule has 1 aromatic rings. The van der Waals surface area contributed by atoms with E-state index < -0.39 is 16.6 Å². The molecule has 0 radical (unpaired) electrons. The van der Waals surface area contributed by atoms with E-state index in [0.717, 1.165) is 0 Å². The summed E-state index contributed by atoms with van der Waals surface area (Å²) in [7, 11) is 0. The second-order valence-electron chi connectivity index (χ2n) is 5.93. The highest BCUT2D eigenvalue weighted by Gasteiger charge is 2.36. The number of anilines is 1. The van der Waals surface area contributed by atoms with Gasteiger partial charge in [0.1, 0.15) is 0 Å². The minimum Gasteiger partial charge on any atom is -0.367 e. The van der Waals surface area contributed by atoms with Gasteiger partial charge >= 0.3 is 12.1 Å². The standard InChI is InChI=1S/C12H17F3N4O2S/c1-11(2,3)9(20)21-19-6-4-18(5-7-19)10-17-16-8(22-10)12(13,14)15/h4-7H2,1-3H3. The molecule has 0 aromatic carbocycles. The minimum atomic E-state index is -4.47. The van der Waals surface area contributed by atoms with Crippen molar-refractivity contribution in [2.24, 2.45) is 5.41 Å². The van der Waals surface area contributed by atoms with Gasteiger partial charge in [0.2, 0.25) is 10.1 Å². The van der Waals surface area contributed by atoms with Crippen LogP contribution in [0.25, 0.3) is 0 Å². The molecule has 0 N–H and O–H groups in total. The fourth-order valence-corrected chi connectivity index (χ4v) is 2.45. The number of halogens is 3. The Morgan fingerprint density at radius 2 is 1.73 bits per heavy atom. The molecule has 0 atom stereocenters. The van der Waals surface area contributed by atoms with Gasteiger partial charge in [-0.25, -0.2) is 4.79 Å². The van der Waals surface area contributed by atoms with Crippen molar-refractivity contribution in [2.75, 3.05) is 31.1 Å². The SMILES string of the molecule is CC(C)(C)C(=O)ON1CCN(c2nnc(C(F)(F)F)s2)CC1. The van der Waals surface area contributed by atoms with Crippen molar-refractivity contribution in [3.8, 4) is 0 Å². The van der Waals surface area contributed by atoms with Gasteiger partial charge in [-0.2, -0.15) is 13.2 Å². The molecule has 124 valence electrons. The molecule has 0 unspecified atom stereocenters. The van der Waals surface area contributed by atoms with Crippen LogP contribution in [0.1, 0.15) is 25.8 Å². The van der Waals surface area contributed by atoms with E-state index in [4.69, 9.17) is 4.84 Å². The molecule has 0 amide bonds. The van der Waals surface area contributed by atoms with Crippen LogP contribution < -0.4 is 4.90 Å². The lowest BCUT2D eigenvalue weighted by Gasteiger charge is -2.34. The Balaban J connectivity index is 1.90. The smallest absolute Gasteiger partial charge is 0.367 e. The van der Waals surface area contributed by atoms with Crippen LogP contribution in [0.4, 0.5) is 18.3 Å². The normalized spacial score (nSPS) is 17.6. The van der Waals surface area contributed by atoms with Crippen LogP contribution in [0.5, 0.6) is 0 Å². The first-order valence-electron chi connectivity index (χ1n) is 6.70. The first kappa shape index (κ1) is 16.9. The van der Waals surface area contributed by atoms with Gasteiger partial charge in [-0.15, -0.1) is 15.3 Å². The fraction of sp³-hybridized carbons (Fsp3) is 0.750. The molecule has 1 aromatic heterocycles. The summed E-state index contributed by atoms with van der Waals surface area (Å²) >= 11 is 0.518.